The first kappa shape index (κ1) is 16.1. The smallest absolute Gasteiger partial charge is 0.138 e. The van der Waals surface area contributed by atoms with Gasteiger partial charge in [0.05, 0.1) is 0 Å². The summed E-state index contributed by atoms with van der Waals surface area (Å²) in [5, 5.41) is 4.27. The van der Waals surface area contributed by atoms with Crippen LogP contribution in [0.5, 0.6) is 0 Å². The average molecular weight is 269 g/mol. The Morgan fingerprint density at radius 3 is 2.89 bits per heavy atom. The molecular formula is C13H27N5O. The monoisotopic (exact) mass is 269 g/mol. The summed E-state index contributed by atoms with van der Waals surface area (Å²) in [5.41, 5.74) is 2.86. The summed E-state index contributed by atoms with van der Waals surface area (Å²) in [4.78, 5) is 4.33. The van der Waals surface area contributed by atoms with Crippen molar-refractivity contribution in [2.75, 3.05) is 13.2 Å². The lowest BCUT2D eigenvalue weighted by Crippen LogP contribution is -2.37. The number of hydrogen-bond donors (Lipinski definition) is 2. The topological polar surface area (TPSA) is 78.0 Å². The third-order valence-corrected chi connectivity index (χ3v) is 2.94. The van der Waals surface area contributed by atoms with E-state index in [9.17, 15) is 0 Å². The van der Waals surface area contributed by atoms with Crippen molar-refractivity contribution < 1.29 is 4.74 Å². The van der Waals surface area contributed by atoms with Gasteiger partial charge >= 0.3 is 0 Å². The van der Waals surface area contributed by atoms with Crippen LogP contribution in [0.1, 0.15) is 39.4 Å². The lowest BCUT2D eigenvalue weighted by molar-refractivity contribution is 0.140. The first-order valence-corrected chi connectivity index (χ1v) is 7.07. The van der Waals surface area contributed by atoms with E-state index in [0.29, 0.717) is 5.92 Å². The van der Waals surface area contributed by atoms with Crippen LogP contribution >= 0.6 is 0 Å². The minimum Gasteiger partial charge on any atom is -0.382 e. The molecule has 6 heteroatoms. The minimum absolute atomic E-state index is 0.218. The summed E-state index contributed by atoms with van der Waals surface area (Å²) >= 11 is 0. The molecule has 1 unspecified atom stereocenters. The van der Waals surface area contributed by atoms with Crippen molar-refractivity contribution in [3.8, 4) is 0 Å². The Labute approximate surface area is 115 Å². The number of hydrazine groups is 1. The maximum absolute atomic E-state index is 5.61. The molecule has 0 aliphatic heterocycles. The molecule has 0 saturated carbocycles. The van der Waals surface area contributed by atoms with E-state index in [4.69, 9.17) is 10.6 Å². The van der Waals surface area contributed by atoms with Crippen molar-refractivity contribution in [2.24, 2.45) is 11.8 Å². The molecule has 1 heterocycles. The van der Waals surface area contributed by atoms with Gasteiger partial charge in [0.1, 0.15) is 12.2 Å². The molecule has 0 fully saturated rings. The Bertz CT molecular complexity index is 340. The van der Waals surface area contributed by atoms with Gasteiger partial charge in [-0.3, -0.25) is 11.3 Å². The van der Waals surface area contributed by atoms with Gasteiger partial charge in [-0.2, -0.15) is 5.10 Å². The summed E-state index contributed by atoms with van der Waals surface area (Å²) < 4.78 is 7.31. The fourth-order valence-electron chi connectivity index (χ4n) is 1.99. The van der Waals surface area contributed by atoms with Crippen LogP contribution in [0.25, 0.3) is 0 Å². The number of hydrogen-bond acceptors (Lipinski definition) is 5. The second kappa shape index (κ2) is 9.01. The quantitative estimate of drug-likeness (QED) is 0.378. The van der Waals surface area contributed by atoms with Crippen LogP contribution in [0.2, 0.25) is 0 Å². The standard InChI is InChI=1S/C13H27N5O/c1-4-19-7-5-6-12(17-14)8-13-15-10-16-18(13)9-11(2)3/h10-12,17H,4-9,14H2,1-3H3. The molecule has 0 bridgehead atoms. The SMILES string of the molecule is CCOCCCC(Cc1ncnn1CC(C)C)NN. The second-order valence-electron chi connectivity index (χ2n) is 5.16. The van der Waals surface area contributed by atoms with Crippen LogP contribution in [0.15, 0.2) is 6.33 Å². The highest BCUT2D eigenvalue weighted by Gasteiger charge is 2.13. The van der Waals surface area contributed by atoms with E-state index < -0.39 is 0 Å². The van der Waals surface area contributed by atoms with E-state index in [2.05, 4.69) is 29.4 Å². The number of nitrogens with two attached hydrogens (primary N) is 1. The van der Waals surface area contributed by atoms with Crippen molar-refractivity contribution in [2.45, 2.75) is 52.6 Å². The Balaban J connectivity index is 2.44. The first-order chi connectivity index (χ1) is 9.17. The fraction of sp³-hybridized carbons (Fsp3) is 0.846. The predicted octanol–water partition coefficient (Wildman–Crippen LogP) is 1.13. The third kappa shape index (κ3) is 6.13. The molecule has 0 aromatic carbocycles. The average Bonchev–Trinajstić information content (AvgIpc) is 2.79. The number of aromatic nitrogens is 3. The van der Waals surface area contributed by atoms with Gasteiger partial charge in [-0.15, -0.1) is 0 Å². The molecule has 19 heavy (non-hydrogen) atoms. The highest BCUT2D eigenvalue weighted by molar-refractivity contribution is 4.89. The van der Waals surface area contributed by atoms with Gasteiger partial charge in [0.25, 0.3) is 0 Å². The van der Waals surface area contributed by atoms with Crippen molar-refractivity contribution in [1.29, 1.82) is 0 Å². The summed E-state index contributed by atoms with van der Waals surface area (Å²) in [7, 11) is 0. The largest absolute Gasteiger partial charge is 0.382 e. The van der Waals surface area contributed by atoms with Gasteiger partial charge < -0.3 is 4.74 Å². The molecule has 1 aromatic heterocycles. The number of nitrogens with zero attached hydrogens (tertiary/aromatic N) is 3. The van der Waals surface area contributed by atoms with Crippen LogP contribution < -0.4 is 11.3 Å². The van der Waals surface area contributed by atoms with Crippen LogP contribution in [-0.2, 0) is 17.7 Å². The lowest BCUT2D eigenvalue weighted by Gasteiger charge is -2.16. The summed E-state index contributed by atoms with van der Waals surface area (Å²) in [6, 6.07) is 0.218. The number of rotatable bonds is 10. The van der Waals surface area contributed by atoms with Crippen molar-refractivity contribution >= 4 is 0 Å². The van der Waals surface area contributed by atoms with E-state index in [1.54, 1.807) is 6.33 Å². The molecule has 0 aliphatic rings. The van der Waals surface area contributed by atoms with E-state index >= 15 is 0 Å². The second-order valence-corrected chi connectivity index (χ2v) is 5.16. The molecule has 1 atom stereocenters. The van der Waals surface area contributed by atoms with Gasteiger partial charge in [0, 0.05) is 32.2 Å². The zero-order valence-electron chi connectivity index (χ0n) is 12.3. The molecule has 6 nitrogen and oxygen atoms in total. The Kier molecular flexibility index (Phi) is 7.62. The third-order valence-electron chi connectivity index (χ3n) is 2.94. The number of nitrogens with one attached hydrogen (secondary N) is 1. The maximum Gasteiger partial charge on any atom is 0.138 e. The molecule has 0 radical (unpaired) electrons. The molecule has 0 aliphatic carbocycles. The van der Waals surface area contributed by atoms with E-state index in [1.165, 1.54) is 0 Å². The Morgan fingerprint density at radius 1 is 1.47 bits per heavy atom. The molecule has 3 N–H and O–H groups in total. The number of ether oxygens (including phenoxy) is 1. The van der Waals surface area contributed by atoms with Gasteiger partial charge in [-0.05, 0) is 25.7 Å². The normalized spacial score (nSPS) is 13.1. The van der Waals surface area contributed by atoms with Crippen molar-refractivity contribution in [3.63, 3.8) is 0 Å². The van der Waals surface area contributed by atoms with E-state index in [-0.39, 0.29) is 6.04 Å². The molecule has 1 aromatic rings. The minimum atomic E-state index is 0.218. The highest BCUT2D eigenvalue weighted by Crippen LogP contribution is 2.07. The Hall–Kier alpha value is -0.980. The molecule has 1 rings (SSSR count). The van der Waals surface area contributed by atoms with Gasteiger partial charge in [0.2, 0.25) is 0 Å². The summed E-state index contributed by atoms with van der Waals surface area (Å²) in [6.07, 6.45) is 4.40. The van der Waals surface area contributed by atoms with Crippen molar-refractivity contribution in [3.05, 3.63) is 12.2 Å². The summed E-state index contributed by atoms with van der Waals surface area (Å²) in [5.74, 6) is 7.16. The maximum atomic E-state index is 5.61. The molecule has 0 amide bonds. The lowest BCUT2D eigenvalue weighted by atomic mass is 10.1. The van der Waals surface area contributed by atoms with Gasteiger partial charge in [-0.1, -0.05) is 13.8 Å². The van der Waals surface area contributed by atoms with Crippen molar-refractivity contribution in [1.82, 2.24) is 20.2 Å². The van der Waals surface area contributed by atoms with Crippen LogP contribution in [0.3, 0.4) is 0 Å². The first-order valence-electron chi connectivity index (χ1n) is 7.07. The fourth-order valence-corrected chi connectivity index (χ4v) is 1.99. The van der Waals surface area contributed by atoms with Gasteiger partial charge in [0.15, 0.2) is 0 Å². The molecular weight excluding hydrogens is 242 g/mol. The van der Waals surface area contributed by atoms with Crippen LogP contribution in [0, 0.1) is 5.92 Å². The van der Waals surface area contributed by atoms with Gasteiger partial charge in [-0.25, -0.2) is 9.67 Å². The van der Waals surface area contributed by atoms with E-state index in [1.807, 2.05) is 11.6 Å². The van der Waals surface area contributed by atoms with Crippen LogP contribution in [-0.4, -0.2) is 34.0 Å². The predicted molar refractivity (Wildman–Crippen MR) is 75.4 cm³/mol. The highest BCUT2D eigenvalue weighted by atomic mass is 16.5. The zero-order chi connectivity index (χ0) is 14.1. The summed E-state index contributed by atoms with van der Waals surface area (Å²) in [6.45, 7) is 8.80. The Morgan fingerprint density at radius 2 is 2.26 bits per heavy atom. The zero-order valence-corrected chi connectivity index (χ0v) is 12.3. The molecule has 0 spiro atoms. The van der Waals surface area contributed by atoms with Crippen LogP contribution in [0.4, 0.5) is 0 Å². The van der Waals surface area contributed by atoms with E-state index in [0.717, 1.165) is 44.8 Å². The molecule has 0 saturated heterocycles. The molecule has 110 valence electrons.